The third kappa shape index (κ3) is 10.8. The Balaban J connectivity index is 2.13. The molecule has 0 bridgehead atoms. The number of hydrogen-bond acceptors (Lipinski definition) is 5. The first-order valence-corrected chi connectivity index (χ1v) is 13.6. The summed E-state index contributed by atoms with van der Waals surface area (Å²) in [5.74, 6) is 0.0487. The lowest BCUT2D eigenvalue weighted by Crippen LogP contribution is -2.50. The molecule has 0 aliphatic heterocycles. The summed E-state index contributed by atoms with van der Waals surface area (Å²) < 4.78 is 35.3. The normalized spacial score (nSPS) is 13.5. The molecule has 0 radical (unpaired) electrons. The van der Waals surface area contributed by atoms with Crippen LogP contribution in [-0.4, -0.2) is 55.8 Å². The Morgan fingerprint density at radius 2 is 1.60 bits per heavy atom. The maximum Gasteiger partial charge on any atom is 0.407 e. The Hall–Kier alpha value is -2.46. The fourth-order valence-corrected chi connectivity index (χ4v) is 4.95. The van der Waals surface area contributed by atoms with E-state index >= 15 is 0 Å². The van der Waals surface area contributed by atoms with Gasteiger partial charge < -0.3 is 15.2 Å². The van der Waals surface area contributed by atoms with Crippen LogP contribution in [0.3, 0.4) is 0 Å². The number of nitrogens with zero attached hydrogens (tertiary/aromatic N) is 1. The molecule has 194 valence electrons. The lowest BCUT2D eigenvalue weighted by molar-refractivity contribution is -0.00541. The van der Waals surface area contributed by atoms with Crippen LogP contribution in [0.25, 0.3) is 0 Å². The monoisotopic (exact) mass is 505 g/mol. The number of amides is 1. The molecule has 1 unspecified atom stereocenters. The van der Waals surface area contributed by atoms with Crippen molar-refractivity contribution in [3.63, 3.8) is 0 Å². The van der Waals surface area contributed by atoms with Gasteiger partial charge in [0.15, 0.2) is 0 Å². The summed E-state index contributed by atoms with van der Waals surface area (Å²) in [6, 6.07) is 18.8. The van der Waals surface area contributed by atoms with E-state index in [0.29, 0.717) is 6.54 Å². The van der Waals surface area contributed by atoms with Crippen LogP contribution < -0.4 is 10.0 Å². The molecule has 3 N–H and O–H groups in total. The van der Waals surface area contributed by atoms with Crippen LogP contribution in [0.15, 0.2) is 60.7 Å². The molecule has 2 rings (SSSR count). The molecule has 9 heteroatoms. The standard InChI is InChI=1S/C26H39N3O5S/c1-4-5-16-28-35(32,33)29(19-21(2)3)20-24(30)25(17-22-12-8-6-9-13-22)34-26(31)27-18-23-14-10-7-11-15-23/h6-15,21,24-25,28,30H,4-5,16-20H2,1-3H3,(H,27,31)/t24-,25?/m1/s1. The molecule has 35 heavy (non-hydrogen) atoms. The highest BCUT2D eigenvalue weighted by Gasteiger charge is 2.31. The maximum absolute atomic E-state index is 12.9. The number of rotatable bonds is 15. The summed E-state index contributed by atoms with van der Waals surface area (Å²) in [5.41, 5.74) is 1.78. The highest BCUT2D eigenvalue weighted by molar-refractivity contribution is 7.87. The van der Waals surface area contributed by atoms with Crippen molar-refractivity contribution in [2.45, 2.75) is 58.8 Å². The van der Waals surface area contributed by atoms with Gasteiger partial charge in [-0.25, -0.2) is 9.52 Å². The summed E-state index contributed by atoms with van der Waals surface area (Å²) in [4.78, 5) is 12.6. The predicted octanol–water partition coefficient (Wildman–Crippen LogP) is 3.48. The minimum Gasteiger partial charge on any atom is -0.443 e. The number of nitrogens with one attached hydrogen (secondary N) is 2. The van der Waals surface area contributed by atoms with Gasteiger partial charge >= 0.3 is 6.09 Å². The van der Waals surface area contributed by atoms with Gasteiger partial charge in [-0.3, -0.25) is 0 Å². The smallest absolute Gasteiger partial charge is 0.407 e. The first-order valence-electron chi connectivity index (χ1n) is 12.2. The van der Waals surface area contributed by atoms with Crippen LogP contribution in [0.2, 0.25) is 0 Å². The summed E-state index contributed by atoms with van der Waals surface area (Å²) >= 11 is 0. The highest BCUT2D eigenvalue weighted by Crippen LogP contribution is 2.14. The summed E-state index contributed by atoms with van der Waals surface area (Å²) in [5, 5.41) is 13.8. The maximum atomic E-state index is 12.9. The van der Waals surface area contributed by atoms with Gasteiger partial charge in [0.05, 0.1) is 0 Å². The van der Waals surface area contributed by atoms with E-state index in [2.05, 4.69) is 10.0 Å². The van der Waals surface area contributed by atoms with Crippen LogP contribution in [0.1, 0.15) is 44.7 Å². The van der Waals surface area contributed by atoms with Crippen LogP contribution in [0.5, 0.6) is 0 Å². The molecule has 2 atom stereocenters. The van der Waals surface area contributed by atoms with E-state index in [1.807, 2.05) is 81.4 Å². The second-order valence-corrected chi connectivity index (χ2v) is 10.8. The number of benzene rings is 2. The molecule has 2 aromatic carbocycles. The van der Waals surface area contributed by atoms with Gasteiger partial charge in [-0.15, -0.1) is 0 Å². The zero-order valence-corrected chi connectivity index (χ0v) is 21.7. The van der Waals surface area contributed by atoms with Gasteiger partial charge in [0.1, 0.15) is 12.2 Å². The lowest BCUT2D eigenvalue weighted by atomic mass is 10.0. The predicted molar refractivity (Wildman–Crippen MR) is 138 cm³/mol. The molecule has 0 spiro atoms. The largest absolute Gasteiger partial charge is 0.443 e. The third-order valence-corrected chi connectivity index (χ3v) is 6.91. The molecule has 2 aromatic rings. The Morgan fingerprint density at radius 3 is 2.17 bits per heavy atom. The van der Waals surface area contributed by atoms with Crippen LogP contribution in [0, 0.1) is 5.92 Å². The minimum atomic E-state index is -3.80. The van der Waals surface area contributed by atoms with Crippen LogP contribution >= 0.6 is 0 Å². The second kappa shape index (κ2) is 14.8. The molecular formula is C26H39N3O5S. The fraction of sp³-hybridized carbons (Fsp3) is 0.500. The number of unbranched alkanes of at least 4 members (excludes halogenated alkanes) is 1. The Bertz CT molecular complexity index is 971. The van der Waals surface area contributed by atoms with Gasteiger partial charge in [0, 0.05) is 32.6 Å². The molecule has 0 aliphatic rings. The van der Waals surface area contributed by atoms with E-state index in [1.54, 1.807) is 0 Å². The molecule has 1 amide bonds. The average Bonchev–Trinajstić information content (AvgIpc) is 2.83. The van der Waals surface area contributed by atoms with Crippen molar-refractivity contribution in [3.8, 4) is 0 Å². The Kier molecular flexibility index (Phi) is 12.2. The van der Waals surface area contributed by atoms with Gasteiger partial charge in [0.2, 0.25) is 0 Å². The van der Waals surface area contributed by atoms with E-state index in [4.69, 9.17) is 4.74 Å². The Labute approximate surface area is 209 Å². The van der Waals surface area contributed by atoms with E-state index in [1.165, 1.54) is 4.31 Å². The number of aliphatic hydroxyl groups is 1. The first-order chi connectivity index (χ1) is 16.7. The van der Waals surface area contributed by atoms with Crippen LogP contribution in [0.4, 0.5) is 4.79 Å². The van der Waals surface area contributed by atoms with Crippen molar-refractivity contribution < 1.29 is 23.1 Å². The molecule has 0 saturated heterocycles. The van der Waals surface area contributed by atoms with Crippen molar-refractivity contribution in [2.24, 2.45) is 5.92 Å². The van der Waals surface area contributed by atoms with Gasteiger partial charge in [0.25, 0.3) is 10.2 Å². The van der Waals surface area contributed by atoms with Crippen molar-refractivity contribution in [1.82, 2.24) is 14.3 Å². The lowest BCUT2D eigenvalue weighted by Gasteiger charge is -2.30. The van der Waals surface area contributed by atoms with E-state index < -0.39 is 28.5 Å². The SMILES string of the molecule is CCCCNS(=O)(=O)N(CC(C)C)C[C@@H](O)C(Cc1ccccc1)OC(=O)NCc1ccccc1. The minimum absolute atomic E-state index is 0.0487. The number of ether oxygens (including phenoxy) is 1. The zero-order chi connectivity index (χ0) is 25.7. The molecule has 0 heterocycles. The van der Waals surface area contributed by atoms with E-state index in [-0.39, 0.29) is 32.0 Å². The van der Waals surface area contributed by atoms with Crippen molar-refractivity contribution in [1.29, 1.82) is 0 Å². The van der Waals surface area contributed by atoms with E-state index in [0.717, 1.165) is 24.0 Å². The highest BCUT2D eigenvalue weighted by atomic mass is 32.2. The topological polar surface area (TPSA) is 108 Å². The van der Waals surface area contributed by atoms with Crippen molar-refractivity contribution in [2.75, 3.05) is 19.6 Å². The fourth-order valence-electron chi connectivity index (χ4n) is 3.53. The zero-order valence-electron chi connectivity index (χ0n) is 20.9. The molecule has 0 aliphatic carbocycles. The second-order valence-electron chi connectivity index (χ2n) is 9.00. The summed E-state index contributed by atoms with van der Waals surface area (Å²) in [6.07, 6.45) is -1.00. The van der Waals surface area contributed by atoms with E-state index in [9.17, 15) is 18.3 Å². The summed E-state index contributed by atoms with van der Waals surface area (Å²) in [6.45, 7) is 6.46. The Morgan fingerprint density at radius 1 is 1.00 bits per heavy atom. The van der Waals surface area contributed by atoms with Gasteiger partial charge in [-0.05, 0) is 23.5 Å². The number of carbonyl (C=O) groups excluding carboxylic acids is 1. The number of hydrogen-bond donors (Lipinski definition) is 3. The van der Waals surface area contributed by atoms with Gasteiger partial charge in [-0.1, -0.05) is 87.9 Å². The molecule has 0 saturated carbocycles. The molecule has 0 aromatic heterocycles. The molecular weight excluding hydrogens is 466 g/mol. The van der Waals surface area contributed by atoms with Gasteiger partial charge in [-0.2, -0.15) is 12.7 Å². The summed E-state index contributed by atoms with van der Waals surface area (Å²) in [7, 11) is -3.80. The van der Waals surface area contributed by atoms with Crippen molar-refractivity contribution in [3.05, 3.63) is 71.8 Å². The first kappa shape index (κ1) is 28.8. The number of alkyl carbamates (subject to hydrolysis) is 1. The number of aliphatic hydroxyl groups excluding tert-OH is 1. The van der Waals surface area contributed by atoms with Crippen LogP contribution in [-0.2, 0) is 27.9 Å². The average molecular weight is 506 g/mol. The van der Waals surface area contributed by atoms with Crippen molar-refractivity contribution >= 4 is 16.3 Å². The molecule has 0 fully saturated rings. The molecule has 8 nitrogen and oxygen atoms in total. The number of carbonyl (C=O) groups is 1. The third-order valence-electron chi connectivity index (χ3n) is 5.36. The quantitative estimate of drug-likeness (QED) is 0.321.